The molecule has 0 radical (unpaired) electrons. The van der Waals surface area contributed by atoms with Gasteiger partial charge < -0.3 is 25.0 Å². The lowest BCUT2D eigenvalue weighted by Gasteiger charge is -2.29. The van der Waals surface area contributed by atoms with Gasteiger partial charge in [0.05, 0.1) is 25.4 Å². The van der Waals surface area contributed by atoms with E-state index in [1.807, 2.05) is 47.4 Å². The summed E-state index contributed by atoms with van der Waals surface area (Å²) in [6.07, 6.45) is 0. The quantitative estimate of drug-likeness (QED) is 0.258. The van der Waals surface area contributed by atoms with Gasteiger partial charge in [-0.25, -0.2) is 4.39 Å². The van der Waals surface area contributed by atoms with Crippen molar-refractivity contribution in [3.8, 4) is 5.75 Å². The third kappa shape index (κ3) is 7.36. The number of morpholine rings is 1. The molecular formula is C21H28FIN4O2. The number of halogens is 2. The number of nitrogens with one attached hydrogen (secondary N) is 2. The van der Waals surface area contributed by atoms with Crippen molar-refractivity contribution in [3.63, 3.8) is 0 Å². The lowest BCUT2D eigenvalue weighted by Crippen LogP contribution is -2.39. The van der Waals surface area contributed by atoms with E-state index < -0.39 is 0 Å². The van der Waals surface area contributed by atoms with Crippen LogP contribution in [0.5, 0.6) is 5.75 Å². The van der Waals surface area contributed by atoms with Crippen LogP contribution in [0.4, 0.5) is 10.1 Å². The summed E-state index contributed by atoms with van der Waals surface area (Å²) in [6, 6.07) is 15.0. The van der Waals surface area contributed by atoms with Crippen molar-refractivity contribution in [2.75, 3.05) is 51.4 Å². The number of hydrogen-bond donors (Lipinski definition) is 2. The summed E-state index contributed by atoms with van der Waals surface area (Å²) >= 11 is 0. The average molecular weight is 514 g/mol. The smallest absolute Gasteiger partial charge is 0.191 e. The molecule has 158 valence electrons. The molecule has 0 aliphatic carbocycles. The second-order valence-corrected chi connectivity index (χ2v) is 6.40. The summed E-state index contributed by atoms with van der Waals surface area (Å²) in [7, 11) is 1.70. The number of anilines is 1. The molecule has 0 bridgehead atoms. The van der Waals surface area contributed by atoms with Gasteiger partial charge in [0.2, 0.25) is 0 Å². The fourth-order valence-electron chi connectivity index (χ4n) is 2.98. The minimum absolute atomic E-state index is 0. The molecule has 1 heterocycles. The van der Waals surface area contributed by atoms with Crippen LogP contribution < -0.4 is 20.3 Å². The summed E-state index contributed by atoms with van der Waals surface area (Å²) < 4.78 is 25.4. The standard InChI is InChI=1S/C21H27FN4O2.HI/c1-23-21(24-9-12-28-18-5-3-2-4-6-18)25-16-17-7-8-20(19(22)15-17)26-10-13-27-14-11-26;/h2-8,15H,9-14,16H2,1H3,(H2,23,24,25);1H. The van der Waals surface area contributed by atoms with Crippen LogP contribution in [0.3, 0.4) is 0 Å². The van der Waals surface area contributed by atoms with E-state index in [0.29, 0.717) is 44.6 Å². The zero-order valence-electron chi connectivity index (χ0n) is 16.6. The lowest BCUT2D eigenvalue weighted by atomic mass is 10.1. The van der Waals surface area contributed by atoms with Gasteiger partial charge in [0.15, 0.2) is 5.96 Å². The first kappa shape index (κ1) is 23.2. The molecule has 1 fully saturated rings. The maximum absolute atomic E-state index is 14.5. The van der Waals surface area contributed by atoms with Gasteiger partial charge in [-0.3, -0.25) is 4.99 Å². The number of ether oxygens (including phenoxy) is 2. The Balaban J connectivity index is 0.00000300. The van der Waals surface area contributed by atoms with Gasteiger partial charge in [-0.2, -0.15) is 0 Å². The summed E-state index contributed by atoms with van der Waals surface area (Å²) in [5, 5.41) is 6.38. The minimum Gasteiger partial charge on any atom is -0.492 e. The van der Waals surface area contributed by atoms with E-state index in [1.54, 1.807) is 13.1 Å². The normalized spacial score (nSPS) is 14.1. The Bertz CT molecular complexity index is 771. The van der Waals surface area contributed by atoms with Crippen molar-refractivity contribution in [1.82, 2.24) is 10.6 Å². The summed E-state index contributed by atoms with van der Waals surface area (Å²) in [5.74, 6) is 1.28. The van der Waals surface area contributed by atoms with E-state index in [2.05, 4.69) is 15.6 Å². The predicted octanol–water partition coefficient (Wildman–Crippen LogP) is 3.02. The van der Waals surface area contributed by atoms with Crippen LogP contribution in [0.15, 0.2) is 53.5 Å². The Morgan fingerprint density at radius 1 is 1.14 bits per heavy atom. The number of nitrogens with zero attached hydrogens (tertiary/aromatic N) is 2. The zero-order chi connectivity index (χ0) is 19.6. The van der Waals surface area contributed by atoms with Gasteiger partial charge >= 0.3 is 0 Å². The molecule has 0 spiro atoms. The molecule has 0 atom stereocenters. The van der Waals surface area contributed by atoms with Crippen LogP contribution in [0.25, 0.3) is 0 Å². The Labute approximate surface area is 188 Å². The Hall–Kier alpha value is -2.07. The van der Waals surface area contributed by atoms with Crippen LogP contribution in [-0.2, 0) is 11.3 Å². The van der Waals surface area contributed by atoms with E-state index in [9.17, 15) is 4.39 Å². The molecule has 8 heteroatoms. The van der Waals surface area contributed by atoms with E-state index in [4.69, 9.17) is 9.47 Å². The van der Waals surface area contributed by atoms with Gasteiger partial charge in [0.25, 0.3) is 0 Å². The van der Waals surface area contributed by atoms with Gasteiger partial charge in [-0.15, -0.1) is 24.0 Å². The fraction of sp³-hybridized carbons (Fsp3) is 0.381. The maximum atomic E-state index is 14.5. The molecule has 0 amide bonds. The number of hydrogen-bond acceptors (Lipinski definition) is 4. The molecule has 1 aliphatic rings. The molecule has 3 rings (SSSR count). The topological polar surface area (TPSA) is 58.1 Å². The van der Waals surface area contributed by atoms with Crippen molar-refractivity contribution in [1.29, 1.82) is 0 Å². The van der Waals surface area contributed by atoms with Gasteiger partial charge in [-0.05, 0) is 29.8 Å². The highest BCUT2D eigenvalue weighted by molar-refractivity contribution is 14.0. The van der Waals surface area contributed by atoms with Crippen molar-refractivity contribution in [2.45, 2.75) is 6.54 Å². The third-order valence-corrected chi connectivity index (χ3v) is 4.45. The second kappa shape index (κ2) is 12.5. The molecular weight excluding hydrogens is 486 g/mol. The number of benzene rings is 2. The van der Waals surface area contributed by atoms with Crippen LogP contribution in [0.2, 0.25) is 0 Å². The first-order valence-electron chi connectivity index (χ1n) is 9.50. The molecule has 2 N–H and O–H groups in total. The molecule has 2 aromatic rings. The molecule has 0 unspecified atom stereocenters. The lowest BCUT2D eigenvalue weighted by molar-refractivity contribution is 0.122. The molecule has 2 aromatic carbocycles. The molecule has 6 nitrogen and oxygen atoms in total. The molecule has 0 saturated carbocycles. The second-order valence-electron chi connectivity index (χ2n) is 6.40. The van der Waals surface area contributed by atoms with Crippen molar-refractivity contribution >= 4 is 35.6 Å². The maximum Gasteiger partial charge on any atom is 0.191 e. The summed E-state index contributed by atoms with van der Waals surface area (Å²) in [4.78, 5) is 6.20. The summed E-state index contributed by atoms with van der Waals surface area (Å²) in [6.45, 7) is 4.33. The zero-order valence-corrected chi connectivity index (χ0v) is 18.9. The third-order valence-electron chi connectivity index (χ3n) is 4.45. The van der Waals surface area contributed by atoms with Crippen molar-refractivity contribution in [2.24, 2.45) is 4.99 Å². The van der Waals surface area contributed by atoms with Crippen molar-refractivity contribution < 1.29 is 13.9 Å². The first-order valence-corrected chi connectivity index (χ1v) is 9.50. The number of aliphatic imine (C=N–C) groups is 1. The highest BCUT2D eigenvalue weighted by atomic mass is 127. The molecule has 1 aliphatic heterocycles. The predicted molar refractivity (Wildman–Crippen MR) is 125 cm³/mol. The summed E-state index contributed by atoms with van der Waals surface area (Å²) in [5.41, 5.74) is 1.49. The van der Waals surface area contributed by atoms with E-state index in [1.165, 1.54) is 0 Å². The van der Waals surface area contributed by atoms with Crippen LogP contribution in [0.1, 0.15) is 5.56 Å². The minimum atomic E-state index is -0.208. The number of guanidine groups is 1. The first-order chi connectivity index (χ1) is 13.8. The Morgan fingerprint density at radius 2 is 1.90 bits per heavy atom. The van der Waals surface area contributed by atoms with Crippen LogP contribution in [-0.4, -0.2) is 52.5 Å². The van der Waals surface area contributed by atoms with Crippen LogP contribution in [0, 0.1) is 5.82 Å². The molecule has 29 heavy (non-hydrogen) atoms. The van der Waals surface area contributed by atoms with Gasteiger partial charge in [0, 0.05) is 26.7 Å². The Morgan fingerprint density at radius 3 is 2.59 bits per heavy atom. The Kier molecular flexibility index (Phi) is 9.99. The number of para-hydroxylation sites is 1. The molecule has 0 aromatic heterocycles. The van der Waals surface area contributed by atoms with Crippen molar-refractivity contribution in [3.05, 3.63) is 59.9 Å². The highest BCUT2D eigenvalue weighted by Crippen LogP contribution is 2.21. The van der Waals surface area contributed by atoms with Gasteiger partial charge in [0.1, 0.15) is 18.2 Å². The number of rotatable bonds is 7. The average Bonchev–Trinajstić information content (AvgIpc) is 2.74. The SMILES string of the molecule is CN=C(NCCOc1ccccc1)NCc1ccc(N2CCOCC2)c(F)c1.I. The fourth-order valence-corrected chi connectivity index (χ4v) is 2.98. The highest BCUT2D eigenvalue weighted by Gasteiger charge is 2.15. The van der Waals surface area contributed by atoms with E-state index in [0.717, 1.165) is 24.4 Å². The monoisotopic (exact) mass is 514 g/mol. The largest absolute Gasteiger partial charge is 0.492 e. The van der Waals surface area contributed by atoms with E-state index in [-0.39, 0.29) is 29.8 Å². The van der Waals surface area contributed by atoms with E-state index >= 15 is 0 Å². The van der Waals surface area contributed by atoms with Gasteiger partial charge in [-0.1, -0.05) is 24.3 Å². The van der Waals surface area contributed by atoms with Crippen LogP contribution >= 0.6 is 24.0 Å². The molecule has 1 saturated heterocycles.